The maximum atomic E-state index is 10.8. The molecule has 0 saturated heterocycles. The molecule has 3 rings (SSSR count). The van der Waals surface area contributed by atoms with Crippen molar-refractivity contribution >= 4 is 23.8 Å². The van der Waals surface area contributed by atoms with Gasteiger partial charge in [-0.1, -0.05) is 55.8 Å². The molecule has 2 aromatic carbocycles. The first kappa shape index (κ1) is 20.4. The Hall–Kier alpha value is -0.914. The largest absolute Gasteiger partial charge is 1.00 e. The molecule has 1 aliphatic heterocycles. The van der Waals surface area contributed by atoms with Gasteiger partial charge in [0.15, 0.2) is 0 Å². The van der Waals surface area contributed by atoms with Crippen LogP contribution in [0, 0.1) is 0 Å². The molecular formula is C21H22KNO2. The van der Waals surface area contributed by atoms with Crippen molar-refractivity contribution in [3.8, 4) is 0 Å². The molecule has 1 heterocycles. The fourth-order valence-corrected chi connectivity index (χ4v) is 3.10. The topological polar surface area (TPSA) is 43.4 Å². The van der Waals surface area contributed by atoms with Gasteiger partial charge < -0.3 is 14.8 Å². The number of carbonyl (C=O) groups is 1. The number of hydrogen-bond acceptors (Lipinski definition) is 3. The van der Waals surface area contributed by atoms with Crippen LogP contribution in [0.5, 0.6) is 0 Å². The van der Waals surface area contributed by atoms with E-state index in [0.29, 0.717) is 0 Å². The SMILES string of the molecule is CCCCN1CCc2cc(C=Cc3ccc(C(=O)[O-])cc3)ccc21.[K+]. The van der Waals surface area contributed by atoms with Crippen molar-refractivity contribution in [1.82, 2.24) is 0 Å². The minimum Gasteiger partial charge on any atom is -0.545 e. The Morgan fingerprint density at radius 1 is 1.12 bits per heavy atom. The van der Waals surface area contributed by atoms with Crippen LogP contribution in [-0.4, -0.2) is 19.1 Å². The van der Waals surface area contributed by atoms with Gasteiger partial charge in [-0.15, -0.1) is 0 Å². The molecule has 0 atom stereocenters. The number of rotatable bonds is 6. The summed E-state index contributed by atoms with van der Waals surface area (Å²) in [7, 11) is 0. The van der Waals surface area contributed by atoms with Gasteiger partial charge in [-0.25, -0.2) is 0 Å². The minimum atomic E-state index is -1.14. The molecule has 0 saturated carbocycles. The third-order valence-corrected chi connectivity index (χ3v) is 4.49. The molecule has 0 fully saturated rings. The molecule has 0 unspecified atom stereocenters. The molecule has 4 heteroatoms. The van der Waals surface area contributed by atoms with Crippen molar-refractivity contribution in [1.29, 1.82) is 0 Å². The average Bonchev–Trinajstić information content (AvgIpc) is 3.00. The third kappa shape index (κ3) is 5.28. The summed E-state index contributed by atoms with van der Waals surface area (Å²) in [6.07, 6.45) is 7.65. The molecule has 0 N–H and O–H groups in total. The van der Waals surface area contributed by atoms with Gasteiger partial charge in [0.2, 0.25) is 0 Å². The van der Waals surface area contributed by atoms with Crippen LogP contribution < -0.4 is 61.4 Å². The predicted octanol–water partition coefficient (Wildman–Crippen LogP) is 0.387. The molecule has 1 aliphatic rings. The van der Waals surface area contributed by atoms with Crippen LogP contribution >= 0.6 is 0 Å². The predicted molar refractivity (Wildman–Crippen MR) is 97.0 cm³/mol. The number of hydrogen-bond donors (Lipinski definition) is 0. The van der Waals surface area contributed by atoms with Crippen molar-refractivity contribution in [3.05, 3.63) is 64.7 Å². The zero-order chi connectivity index (χ0) is 16.9. The summed E-state index contributed by atoms with van der Waals surface area (Å²) in [5, 5.41) is 10.8. The van der Waals surface area contributed by atoms with Crippen LogP contribution in [0.4, 0.5) is 5.69 Å². The van der Waals surface area contributed by atoms with Gasteiger partial charge in [0.05, 0.1) is 5.97 Å². The molecule has 0 amide bonds. The normalized spacial score (nSPS) is 12.9. The number of benzene rings is 2. The fraction of sp³-hybridized carbons (Fsp3) is 0.286. The smallest absolute Gasteiger partial charge is 0.545 e. The number of carboxylic acids is 1. The Morgan fingerprint density at radius 2 is 1.80 bits per heavy atom. The summed E-state index contributed by atoms with van der Waals surface area (Å²) in [5.74, 6) is -1.14. The van der Waals surface area contributed by atoms with E-state index in [2.05, 4.69) is 36.1 Å². The summed E-state index contributed by atoms with van der Waals surface area (Å²) < 4.78 is 0. The Labute approximate surface area is 192 Å². The number of unbranched alkanes of at least 4 members (excludes halogenated alkanes) is 1. The Balaban J connectivity index is 0.00000225. The molecule has 0 radical (unpaired) electrons. The monoisotopic (exact) mass is 359 g/mol. The summed E-state index contributed by atoms with van der Waals surface area (Å²) in [5.41, 5.74) is 5.15. The fourth-order valence-electron chi connectivity index (χ4n) is 3.10. The molecule has 0 aromatic heterocycles. The molecule has 2 aromatic rings. The first-order valence-corrected chi connectivity index (χ1v) is 8.55. The standard InChI is InChI=1S/C21H23NO2.K/c1-2-3-13-22-14-12-19-15-17(8-11-20(19)22)5-4-16-6-9-18(10-7-16)21(23)24;/h4-11,15H,2-3,12-14H2,1H3,(H,23,24);/q;+1/p-1. The van der Waals surface area contributed by atoms with Crippen LogP contribution in [-0.2, 0) is 6.42 Å². The van der Waals surface area contributed by atoms with Gasteiger partial charge in [-0.05, 0) is 47.2 Å². The average molecular weight is 360 g/mol. The number of fused-ring (bicyclic) bond motifs is 1. The molecule has 124 valence electrons. The maximum absolute atomic E-state index is 10.8. The van der Waals surface area contributed by atoms with E-state index in [9.17, 15) is 9.90 Å². The van der Waals surface area contributed by atoms with E-state index in [1.54, 1.807) is 24.3 Å². The van der Waals surface area contributed by atoms with E-state index in [-0.39, 0.29) is 56.9 Å². The second kappa shape index (κ2) is 9.69. The van der Waals surface area contributed by atoms with Crippen LogP contribution in [0.2, 0.25) is 0 Å². The van der Waals surface area contributed by atoms with Crippen molar-refractivity contribution in [2.45, 2.75) is 26.2 Å². The molecule has 3 nitrogen and oxygen atoms in total. The van der Waals surface area contributed by atoms with E-state index in [0.717, 1.165) is 25.1 Å². The summed E-state index contributed by atoms with van der Waals surface area (Å²) in [6.45, 7) is 4.49. The van der Waals surface area contributed by atoms with Crippen LogP contribution in [0.3, 0.4) is 0 Å². The quantitative estimate of drug-likeness (QED) is 0.554. The van der Waals surface area contributed by atoms with Gasteiger partial charge in [0, 0.05) is 18.8 Å². The molecule has 25 heavy (non-hydrogen) atoms. The first-order chi connectivity index (χ1) is 11.7. The van der Waals surface area contributed by atoms with Crippen molar-refractivity contribution in [2.24, 2.45) is 0 Å². The van der Waals surface area contributed by atoms with Gasteiger partial charge in [0.25, 0.3) is 0 Å². The van der Waals surface area contributed by atoms with Gasteiger partial charge in [-0.2, -0.15) is 0 Å². The van der Waals surface area contributed by atoms with E-state index in [1.165, 1.54) is 29.7 Å². The molecule has 0 bridgehead atoms. The zero-order valence-electron chi connectivity index (χ0n) is 15.0. The van der Waals surface area contributed by atoms with Crippen molar-refractivity contribution in [3.63, 3.8) is 0 Å². The Bertz CT molecular complexity index is 753. The van der Waals surface area contributed by atoms with E-state index in [1.807, 2.05) is 6.08 Å². The van der Waals surface area contributed by atoms with E-state index >= 15 is 0 Å². The second-order valence-electron chi connectivity index (χ2n) is 6.22. The Kier molecular flexibility index (Phi) is 7.91. The number of anilines is 1. The Morgan fingerprint density at radius 3 is 2.48 bits per heavy atom. The number of carboxylic acid groups (broad SMARTS) is 1. The van der Waals surface area contributed by atoms with Gasteiger partial charge in [-0.3, -0.25) is 0 Å². The second-order valence-corrected chi connectivity index (χ2v) is 6.22. The first-order valence-electron chi connectivity index (χ1n) is 8.55. The van der Waals surface area contributed by atoms with Gasteiger partial charge in [0.1, 0.15) is 0 Å². The third-order valence-electron chi connectivity index (χ3n) is 4.49. The minimum absolute atomic E-state index is 0. The van der Waals surface area contributed by atoms with E-state index < -0.39 is 5.97 Å². The summed E-state index contributed by atoms with van der Waals surface area (Å²) in [6, 6.07) is 13.4. The zero-order valence-corrected chi connectivity index (χ0v) is 18.1. The van der Waals surface area contributed by atoms with Crippen molar-refractivity contribution < 1.29 is 61.3 Å². The van der Waals surface area contributed by atoms with Crippen LogP contribution in [0.15, 0.2) is 42.5 Å². The number of carbonyl (C=O) groups excluding carboxylic acids is 1. The maximum Gasteiger partial charge on any atom is 1.00 e. The molecule has 0 aliphatic carbocycles. The van der Waals surface area contributed by atoms with Crippen LogP contribution in [0.1, 0.15) is 46.8 Å². The van der Waals surface area contributed by atoms with Crippen LogP contribution in [0.25, 0.3) is 12.2 Å². The van der Waals surface area contributed by atoms with E-state index in [4.69, 9.17) is 0 Å². The molecular weight excluding hydrogens is 337 g/mol. The summed E-state index contributed by atoms with van der Waals surface area (Å²) >= 11 is 0. The molecule has 0 spiro atoms. The number of nitrogens with zero attached hydrogens (tertiary/aromatic N) is 1. The number of aromatic carboxylic acids is 1. The van der Waals surface area contributed by atoms with Crippen molar-refractivity contribution in [2.75, 3.05) is 18.0 Å². The van der Waals surface area contributed by atoms with Gasteiger partial charge >= 0.3 is 51.4 Å². The summed E-state index contributed by atoms with van der Waals surface area (Å²) in [4.78, 5) is 13.2.